The molecule has 6 heteroatoms. The van der Waals surface area contributed by atoms with Crippen LogP contribution >= 0.6 is 0 Å². The van der Waals surface area contributed by atoms with Gasteiger partial charge < -0.3 is 20.5 Å². The molecule has 1 rings (SSSR count). The van der Waals surface area contributed by atoms with Crippen molar-refractivity contribution in [3.05, 3.63) is 0 Å². The second kappa shape index (κ2) is 8.79. The zero-order valence-corrected chi connectivity index (χ0v) is 12.4. The average molecular weight is 286 g/mol. The Morgan fingerprint density at radius 1 is 1.40 bits per heavy atom. The highest BCUT2D eigenvalue weighted by molar-refractivity contribution is 5.74. The summed E-state index contributed by atoms with van der Waals surface area (Å²) >= 11 is 0. The van der Waals surface area contributed by atoms with E-state index in [1.165, 1.54) is 0 Å². The number of ether oxygens (including phenoxy) is 1. The lowest BCUT2D eigenvalue weighted by Crippen LogP contribution is -2.51. The number of hydrogen-bond acceptors (Lipinski definition) is 3. The first-order valence-electron chi connectivity index (χ1n) is 7.36. The van der Waals surface area contributed by atoms with Gasteiger partial charge in [0.1, 0.15) is 0 Å². The highest BCUT2D eigenvalue weighted by Crippen LogP contribution is 2.20. The first-order valence-corrected chi connectivity index (χ1v) is 7.36. The minimum atomic E-state index is -0.843. The maximum atomic E-state index is 11.8. The Bertz CT molecular complexity index is 320. The van der Waals surface area contributed by atoms with Crippen molar-refractivity contribution in [3.63, 3.8) is 0 Å². The van der Waals surface area contributed by atoms with Gasteiger partial charge in [0.2, 0.25) is 0 Å². The van der Waals surface area contributed by atoms with Crippen LogP contribution < -0.4 is 10.6 Å². The van der Waals surface area contributed by atoms with E-state index in [-0.39, 0.29) is 24.6 Å². The predicted octanol–water partition coefficient (Wildman–Crippen LogP) is 1.74. The molecule has 0 saturated carbocycles. The molecule has 1 aliphatic heterocycles. The van der Waals surface area contributed by atoms with Crippen LogP contribution in [0.1, 0.15) is 46.0 Å². The Morgan fingerprint density at radius 2 is 2.15 bits per heavy atom. The van der Waals surface area contributed by atoms with E-state index in [4.69, 9.17) is 9.84 Å². The third-order valence-electron chi connectivity index (χ3n) is 3.31. The molecular weight excluding hydrogens is 260 g/mol. The molecule has 1 heterocycles. The normalized spacial score (nSPS) is 22.6. The first-order chi connectivity index (χ1) is 9.49. The Labute approximate surface area is 120 Å². The van der Waals surface area contributed by atoms with Gasteiger partial charge in [-0.2, -0.15) is 0 Å². The summed E-state index contributed by atoms with van der Waals surface area (Å²) in [6, 6.07) is -0.190. The maximum Gasteiger partial charge on any atom is 0.315 e. The Hall–Kier alpha value is -1.30. The van der Waals surface area contributed by atoms with Crippen LogP contribution in [0, 0.1) is 5.92 Å². The third-order valence-corrected chi connectivity index (χ3v) is 3.31. The average Bonchev–Trinajstić information content (AvgIpc) is 2.36. The number of amides is 2. The lowest BCUT2D eigenvalue weighted by molar-refractivity contribution is -0.137. The fraction of sp³-hybridized carbons (Fsp3) is 0.857. The maximum absolute atomic E-state index is 11.8. The predicted molar refractivity (Wildman–Crippen MR) is 75.6 cm³/mol. The number of hydrogen-bond donors (Lipinski definition) is 3. The van der Waals surface area contributed by atoms with E-state index in [1.54, 1.807) is 0 Å². The molecule has 3 N–H and O–H groups in total. The van der Waals surface area contributed by atoms with E-state index in [1.807, 2.05) is 0 Å². The van der Waals surface area contributed by atoms with Gasteiger partial charge in [-0.15, -0.1) is 0 Å². The summed E-state index contributed by atoms with van der Waals surface area (Å²) in [6.45, 7) is 5.42. The van der Waals surface area contributed by atoms with Crippen LogP contribution in [0.4, 0.5) is 4.79 Å². The van der Waals surface area contributed by atoms with Crippen LogP contribution in [0.2, 0.25) is 0 Å². The van der Waals surface area contributed by atoms with Crippen LogP contribution in [0.5, 0.6) is 0 Å². The van der Waals surface area contributed by atoms with Crippen molar-refractivity contribution in [3.8, 4) is 0 Å². The second-order valence-corrected chi connectivity index (χ2v) is 5.69. The second-order valence-electron chi connectivity index (χ2n) is 5.69. The molecule has 0 bridgehead atoms. The van der Waals surface area contributed by atoms with Gasteiger partial charge in [-0.3, -0.25) is 4.79 Å². The lowest BCUT2D eigenvalue weighted by atomic mass is 9.95. The fourth-order valence-corrected chi connectivity index (χ4v) is 2.36. The third kappa shape index (κ3) is 6.75. The minimum Gasteiger partial charge on any atom is -0.481 e. The molecule has 0 spiro atoms. The van der Waals surface area contributed by atoms with E-state index in [0.717, 1.165) is 25.9 Å². The number of carbonyl (C=O) groups excluding carboxylic acids is 1. The number of carbonyl (C=O) groups is 2. The summed E-state index contributed by atoms with van der Waals surface area (Å²) in [7, 11) is 0. The Morgan fingerprint density at radius 3 is 2.80 bits per heavy atom. The smallest absolute Gasteiger partial charge is 0.315 e. The van der Waals surface area contributed by atoms with Crippen molar-refractivity contribution >= 4 is 12.0 Å². The number of nitrogens with one attached hydrogen (secondary N) is 2. The summed E-state index contributed by atoms with van der Waals surface area (Å²) in [5.74, 6) is -0.314. The number of carboxylic acids is 1. The molecule has 6 nitrogen and oxygen atoms in total. The van der Waals surface area contributed by atoms with Crippen molar-refractivity contribution in [2.45, 2.75) is 58.1 Å². The highest BCUT2D eigenvalue weighted by Gasteiger charge is 2.27. The van der Waals surface area contributed by atoms with Gasteiger partial charge in [0.25, 0.3) is 0 Å². The molecular formula is C14H26N2O4. The van der Waals surface area contributed by atoms with Gasteiger partial charge in [-0.05, 0) is 31.6 Å². The number of carboxylic acid groups (broad SMARTS) is 1. The SMILES string of the molecule is CC(C)CC1OCCCC1NC(=O)NCCCC(=O)O. The summed E-state index contributed by atoms with van der Waals surface area (Å²) in [5.41, 5.74) is 0. The standard InChI is InChI=1S/C14H26N2O4/c1-10(2)9-12-11(5-4-8-20-12)16-14(19)15-7-3-6-13(17)18/h10-12H,3-9H2,1-2H3,(H,17,18)(H2,15,16,19). The summed E-state index contributed by atoms with van der Waals surface area (Å²) in [5, 5.41) is 14.1. The molecule has 116 valence electrons. The highest BCUT2D eigenvalue weighted by atomic mass is 16.5. The van der Waals surface area contributed by atoms with Crippen molar-refractivity contribution < 1.29 is 19.4 Å². The summed E-state index contributed by atoms with van der Waals surface area (Å²) < 4.78 is 5.74. The first kappa shape index (κ1) is 16.8. The zero-order chi connectivity index (χ0) is 15.0. The van der Waals surface area contributed by atoms with E-state index in [0.29, 0.717) is 18.9 Å². The van der Waals surface area contributed by atoms with E-state index in [9.17, 15) is 9.59 Å². The van der Waals surface area contributed by atoms with Crippen LogP contribution in [0.3, 0.4) is 0 Å². The Kier molecular flexibility index (Phi) is 7.36. The molecule has 1 aliphatic rings. The molecule has 1 fully saturated rings. The quantitative estimate of drug-likeness (QED) is 0.622. The topological polar surface area (TPSA) is 87.7 Å². The molecule has 0 aliphatic carbocycles. The van der Waals surface area contributed by atoms with Crippen molar-refractivity contribution in [1.82, 2.24) is 10.6 Å². The van der Waals surface area contributed by atoms with E-state index < -0.39 is 5.97 Å². The van der Waals surface area contributed by atoms with Crippen LogP contribution in [0.15, 0.2) is 0 Å². The summed E-state index contributed by atoms with van der Waals surface area (Å²) in [4.78, 5) is 22.1. The molecule has 0 aromatic carbocycles. The van der Waals surface area contributed by atoms with Crippen molar-refractivity contribution in [1.29, 1.82) is 0 Å². The lowest BCUT2D eigenvalue weighted by Gasteiger charge is -2.33. The summed E-state index contributed by atoms with van der Waals surface area (Å²) in [6.07, 6.45) is 3.42. The monoisotopic (exact) mass is 286 g/mol. The van der Waals surface area contributed by atoms with Crippen molar-refractivity contribution in [2.75, 3.05) is 13.2 Å². The molecule has 2 atom stereocenters. The molecule has 0 aromatic rings. The van der Waals surface area contributed by atoms with Crippen LogP contribution in [-0.2, 0) is 9.53 Å². The van der Waals surface area contributed by atoms with Gasteiger partial charge >= 0.3 is 12.0 Å². The largest absolute Gasteiger partial charge is 0.481 e. The number of urea groups is 1. The minimum absolute atomic E-state index is 0.0469. The van der Waals surface area contributed by atoms with Crippen LogP contribution in [-0.4, -0.2) is 42.4 Å². The van der Waals surface area contributed by atoms with Gasteiger partial charge in [-0.1, -0.05) is 13.8 Å². The van der Waals surface area contributed by atoms with E-state index >= 15 is 0 Å². The Balaban J connectivity index is 2.28. The van der Waals surface area contributed by atoms with E-state index in [2.05, 4.69) is 24.5 Å². The molecule has 1 saturated heterocycles. The zero-order valence-electron chi connectivity index (χ0n) is 12.4. The van der Waals surface area contributed by atoms with Crippen molar-refractivity contribution in [2.24, 2.45) is 5.92 Å². The molecule has 20 heavy (non-hydrogen) atoms. The molecule has 2 amide bonds. The molecule has 2 unspecified atom stereocenters. The fourth-order valence-electron chi connectivity index (χ4n) is 2.36. The van der Waals surface area contributed by atoms with Crippen LogP contribution in [0.25, 0.3) is 0 Å². The molecule has 0 aromatic heterocycles. The number of rotatable bonds is 7. The van der Waals surface area contributed by atoms with Gasteiger partial charge in [0.15, 0.2) is 0 Å². The van der Waals surface area contributed by atoms with Gasteiger partial charge in [-0.25, -0.2) is 4.79 Å². The van der Waals surface area contributed by atoms with Gasteiger partial charge in [0, 0.05) is 19.6 Å². The number of aliphatic carboxylic acids is 1. The van der Waals surface area contributed by atoms with Gasteiger partial charge in [0.05, 0.1) is 12.1 Å². The molecule has 0 radical (unpaired) electrons.